The van der Waals surface area contributed by atoms with Crippen LogP contribution in [0.4, 0.5) is 30.2 Å². The second kappa shape index (κ2) is 10.1. The van der Waals surface area contributed by atoms with Gasteiger partial charge in [0.1, 0.15) is 22.9 Å². The number of benzene rings is 2. The van der Waals surface area contributed by atoms with Crippen LogP contribution < -0.4 is 14.4 Å². The van der Waals surface area contributed by atoms with E-state index in [4.69, 9.17) is 9.84 Å². The van der Waals surface area contributed by atoms with Gasteiger partial charge >= 0.3 is 0 Å². The standard InChI is InChI=1S/C22H26F3IN2O5S/c1-12(2)28(17-5-4-13(26)8-15(17)23)21-19(25)16(24)9-18(33-3)20(21)27-34(31,32)22(6-7-22)10-14(30)11-29/h4-5,8-9,12,14,27,29-30H,6-7,10-11H2,1-3H3/t14-/m0/s1. The summed E-state index contributed by atoms with van der Waals surface area (Å²) in [6.07, 6.45) is -1.08. The topological polar surface area (TPSA) is 99.1 Å². The fraction of sp³-hybridized carbons (Fsp3) is 0.455. The minimum atomic E-state index is -4.26. The van der Waals surface area contributed by atoms with Crippen LogP contribution in [0.15, 0.2) is 24.3 Å². The maximum absolute atomic E-state index is 15.3. The first-order valence-electron chi connectivity index (χ1n) is 10.5. The summed E-state index contributed by atoms with van der Waals surface area (Å²) < 4.78 is 78.2. The van der Waals surface area contributed by atoms with Crippen LogP contribution in [-0.2, 0) is 10.0 Å². The first kappa shape index (κ1) is 26.8. The molecule has 0 saturated heterocycles. The lowest BCUT2D eigenvalue weighted by Gasteiger charge is -2.33. The SMILES string of the molecule is COc1cc(F)c(F)c(N(c2ccc(I)cc2F)C(C)C)c1NS(=O)(=O)C1(C[C@H](O)CO)CC1. The van der Waals surface area contributed by atoms with Crippen molar-refractivity contribution in [1.82, 2.24) is 0 Å². The lowest BCUT2D eigenvalue weighted by atomic mass is 10.1. The maximum atomic E-state index is 15.3. The summed E-state index contributed by atoms with van der Waals surface area (Å²) in [5, 5.41) is 19.0. The number of nitrogens with one attached hydrogen (secondary N) is 1. The average molecular weight is 614 g/mol. The van der Waals surface area contributed by atoms with Crippen LogP contribution in [0.5, 0.6) is 5.75 Å². The third kappa shape index (κ3) is 5.09. The largest absolute Gasteiger partial charge is 0.494 e. The van der Waals surface area contributed by atoms with Crippen LogP contribution in [0, 0.1) is 21.0 Å². The summed E-state index contributed by atoms with van der Waals surface area (Å²) in [6.45, 7) is 2.61. The summed E-state index contributed by atoms with van der Waals surface area (Å²) in [5.41, 5.74) is -1.01. The molecule has 1 fully saturated rings. The zero-order valence-electron chi connectivity index (χ0n) is 18.8. The van der Waals surface area contributed by atoms with E-state index in [1.165, 1.54) is 19.2 Å². The molecule has 1 aliphatic rings. The number of ether oxygens (including phenoxy) is 1. The molecule has 0 radical (unpaired) electrons. The Labute approximate surface area is 210 Å². The molecule has 0 amide bonds. The van der Waals surface area contributed by atoms with E-state index in [1.54, 1.807) is 19.9 Å². The van der Waals surface area contributed by atoms with Gasteiger partial charge in [-0.3, -0.25) is 4.72 Å². The molecule has 2 aromatic carbocycles. The summed E-state index contributed by atoms with van der Waals surface area (Å²) in [6, 6.07) is 4.29. The van der Waals surface area contributed by atoms with Crippen LogP contribution in [0.25, 0.3) is 0 Å². The van der Waals surface area contributed by atoms with E-state index in [9.17, 15) is 22.3 Å². The number of hydrogen-bond donors (Lipinski definition) is 3. The normalized spacial score (nSPS) is 15.8. The van der Waals surface area contributed by atoms with E-state index in [2.05, 4.69) is 4.72 Å². The van der Waals surface area contributed by atoms with Crippen LogP contribution in [0.1, 0.15) is 33.1 Å². The van der Waals surface area contributed by atoms with Crippen LogP contribution >= 0.6 is 22.6 Å². The molecule has 188 valence electrons. The molecule has 0 aliphatic heterocycles. The minimum Gasteiger partial charge on any atom is -0.494 e. The van der Waals surface area contributed by atoms with Gasteiger partial charge in [0.2, 0.25) is 10.0 Å². The molecule has 12 heteroatoms. The molecular formula is C22H26F3IN2O5S. The Bertz CT molecular complexity index is 1180. The summed E-state index contributed by atoms with van der Waals surface area (Å²) in [5.74, 6) is -3.69. The van der Waals surface area contributed by atoms with Gasteiger partial charge in [0.15, 0.2) is 11.6 Å². The van der Waals surface area contributed by atoms with Gasteiger partial charge in [-0.25, -0.2) is 21.6 Å². The summed E-state index contributed by atoms with van der Waals surface area (Å²) >= 11 is 1.91. The van der Waals surface area contributed by atoms with Gasteiger partial charge in [-0.1, -0.05) is 0 Å². The van der Waals surface area contributed by atoms with Gasteiger partial charge in [-0.15, -0.1) is 0 Å². The van der Waals surface area contributed by atoms with Crippen molar-refractivity contribution in [2.75, 3.05) is 23.3 Å². The molecule has 34 heavy (non-hydrogen) atoms. The molecule has 3 N–H and O–H groups in total. The Morgan fingerprint density at radius 1 is 1.21 bits per heavy atom. The Morgan fingerprint density at radius 3 is 2.35 bits per heavy atom. The number of halogens is 4. The molecule has 1 saturated carbocycles. The van der Waals surface area contributed by atoms with E-state index in [1.807, 2.05) is 22.6 Å². The summed E-state index contributed by atoms with van der Waals surface area (Å²) in [4.78, 5) is 1.16. The lowest BCUT2D eigenvalue weighted by Crippen LogP contribution is -2.35. The van der Waals surface area contributed by atoms with Crippen molar-refractivity contribution in [3.63, 3.8) is 0 Å². The molecule has 2 aromatic rings. The second-order valence-electron chi connectivity index (χ2n) is 8.49. The number of sulfonamides is 1. The number of nitrogens with zero attached hydrogens (tertiary/aromatic N) is 1. The van der Waals surface area contributed by atoms with Crippen molar-refractivity contribution < 1.29 is 36.5 Å². The number of hydrogen-bond acceptors (Lipinski definition) is 6. The monoisotopic (exact) mass is 614 g/mol. The van der Waals surface area contributed by atoms with E-state index in [0.717, 1.165) is 4.90 Å². The van der Waals surface area contributed by atoms with Crippen molar-refractivity contribution in [3.05, 3.63) is 45.3 Å². The van der Waals surface area contributed by atoms with E-state index >= 15 is 4.39 Å². The number of methoxy groups -OCH3 is 1. The molecule has 3 rings (SSSR count). The van der Waals surface area contributed by atoms with Gasteiger partial charge < -0.3 is 19.8 Å². The zero-order chi connectivity index (χ0) is 25.4. The third-order valence-electron chi connectivity index (χ3n) is 5.74. The number of anilines is 3. The van der Waals surface area contributed by atoms with Gasteiger partial charge in [-0.05, 0) is 73.9 Å². The fourth-order valence-corrected chi connectivity index (χ4v) is 6.06. The van der Waals surface area contributed by atoms with E-state index in [-0.39, 0.29) is 30.7 Å². The van der Waals surface area contributed by atoms with E-state index in [0.29, 0.717) is 9.64 Å². The van der Waals surface area contributed by atoms with Crippen molar-refractivity contribution in [2.24, 2.45) is 0 Å². The predicted octanol–water partition coefficient (Wildman–Crippen LogP) is 4.28. The molecule has 1 atom stereocenters. The molecular weight excluding hydrogens is 588 g/mol. The van der Waals surface area contributed by atoms with Crippen LogP contribution in [0.2, 0.25) is 0 Å². The predicted molar refractivity (Wildman–Crippen MR) is 132 cm³/mol. The Kier molecular flexibility index (Phi) is 7.95. The smallest absolute Gasteiger partial charge is 0.238 e. The highest BCUT2D eigenvalue weighted by Crippen LogP contribution is 2.51. The zero-order valence-corrected chi connectivity index (χ0v) is 21.8. The van der Waals surface area contributed by atoms with Crippen molar-refractivity contribution in [1.29, 1.82) is 0 Å². The molecule has 0 unspecified atom stereocenters. The minimum absolute atomic E-state index is 0.0840. The number of aliphatic hydroxyl groups excluding tert-OH is 2. The van der Waals surface area contributed by atoms with Crippen LogP contribution in [0.3, 0.4) is 0 Å². The van der Waals surface area contributed by atoms with Crippen LogP contribution in [-0.4, -0.2) is 49.2 Å². The van der Waals surface area contributed by atoms with Gasteiger partial charge in [0.25, 0.3) is 0 Å². The fourth-order valence-electron chi connectivity index (χ4n) is 3.87. The summed E-state index contributed by atoms with van der Waals surface area (Å²) in [7, 11) is -3.09. The van der Waals surface area contributed by atoms with Crippen molar-refractivity contribution in [3.8, 4) is 5.75 Å². The van der Waals surface area contributed by atoms with Crippen molar-refractivity contribution in [2.45, 2.75) is 50.0 Å². The third-order valence-corrected chi connectivity index (χ3v) is 8.60. The highest BCUT2D eigenvalue weighted by atomic mass is 127. The van der Waals surface area contributed by atoms with E-state index < -0.39 is 62.3 Å². The highest BCUT2D eigenvalue weighted by molar-refractivity contribution is 14.1. The second-order valence-corrected chi connectivity index (χ2v) is 11.8. The first-order chi connectivity index (χ1) is 15.9. The average Bonchev–Trinajstić information content (AvgIpc) is 3.55. The molecule has 0 spiro atoms. The Hall–Kier alpha value is -1.77. The van der Waals surface area contributed by atoms with Gasteiger partial charge in [0, 0.05) is 15.7 Å². The highest BCUT2D eigenvalue weighted by Gasteiger charge is 2.56. The molecule has 0 heterocycles. The quantitative estimate of drug-likeness (QED) is 0.346. The van der Waals surface area contributed by atoms with Gasteiger partial charge in [0.05, 0.1) is 30.3 Å². The molecule has 0 bridgehead atoms. The first-order valence-corrected chi connectivity index (χ1v) is 13.0. The lowest BCUT2D eigenvalue weighted by molar-refractivity contribution is 0.0858. The molecule has 1 aliphatic carbocycles. The number of aliphatic hydroxyl groups is 2. The molecule has 7 nitrogen and oxygen atoms in total. The Balaban J connectivity index is 2.21. The number of rotatable bonds is 10. The Morgan fingerprint density at radius 2 is 1.85 bits per heavy atom. The maximum Gasteiger partial charge on any atom is 0.238 e. The van der Waals surface area contributed by atoms with Gasteiger partial charge in [-0.2, -0.15) is 0 Å². The van der Waals surface area contributed by atoms with Crippen molar-refractivity contribution >= 4 is 49.7 Å². The molecule has 0 aromatic heterocycles.